The molecule has 2 unspecified atom stereocenters. The first-order chi connectivity index (χ1) is 10.9. The van der Waals surface area contributed by atoms with Crippen LogP contribution in [0.3, 0.4) is 0 Å². The summed E-state index contributed by atoms with van der Waals surface area (Å²) in [7, 11) is -0.345. The summed E-state index contributed by atoms with van der Waals surface area (Å²) in [6.07, 6.45) is 1.07. The standard InChI is InChI=1S/C16H26N2O4S/c1-12-7-13(2)11-18(10-12)23(19,20)17-9-14-5-6-15(21-3)16(8-14)22-4/h5-6,8,12-13,17H,7,9-11H2,1-4H3. The molecular formula is C16H26N2O4S. The molecule has 0 spiro atoms. The van der Waals surface area contributed by atoms with Crippen LogP contribution < -0.4 is 14.2 Å². The summed E-state index contributed by atoms with van der Waals surface area (Å²) in [5.41, 5.74) is 0.823. The van der Waals surface area contributed by atoms with E-state index in [0.717, 1.165) is 12.0 Å². The van der Waals surface area contributed by atoms with Crippen molar-refractivity contribution in [3.63, 3.8) is 0 Å². The number of hydrogen-bond acceptors (Lipinski definition) is 4. The molecule has 1 aromatic rings. The van der Waals surface area contributed by atoms with Crippen molar-refractivity contribution in [3.8, 4) is 11.5 Å². The van der Waals surface area contributed by atoms with Crippen LogP contribution >= 0.6 is 0 Å². The van der Waals surface area contributed by atoms with Crippen LogP contribution in [0.4, 0.5) is 0 Å². The van der Waals surface area contributed by atoms with E-state index >= 15 is 0 Å². The lowest BCUT2D eigenvalue weighted by molar-refractivity contribution is 0.220. The van der Waals surface area contributed by atoms with Crippen molar-refractivity contribution >= 4 is 10.2 Å². The summed E-state index contributed by atoms with van der Waals surface area (Å²) in [6.45, 7) is 5.55. The molecule has 6 nitrogen and oxygen atoms in total. The molecule has 1 aromatic carbocycles. The lowest BCUT2D eigenvalue weighted by Gasteiger charge is -2.33. The van der Waals surface area contributed by atoms with Crippen molar-refractivity contribution in [2.75, 3.05) is 27.3 Å². The van der Waals surface area contributed by atoms with Gasteiger partial charge in [0.2, 0.25) is 0 Å². The van der Waals surface area contributed by atoms with Crippen LogP contribution in [0, 0.1) is 11.8 Å². The molecule has 0 radical (unpaired) electrons. The van der Waals surface area contributed by atoms with E-state index in [1.165, 1.54) is 0 Å². The van der Waals surface area contributed by atoms with Gasteiger partial charge in [0, 0.05) is 19.6 Å². The van der Waals surface area contributed by atoms with Gasteiger partial charge < -0.3 is 9.47 Å². The Morgan fingerprint density at radius 2 is 1.74 bits per heavy atom. The van der Waals surface area contributed by atoms with Gasteiger partial charge >= 0.3 is 0 Å². The molecule has 23 heavy (non-hydrogen) atoms. The van der Waals surface area contributed by atoms with Gasteiger partial charge in [-0.15, -0.1) is 0 Å². The molecule has 0 aromatic heterocycles. The van der Waals surface area contributed by atoms with Gasteiger partial charge in [0.1, 0.15) is 0 Å². The van der Waals surface area contributed by atoms with E-state index < -0.39 is 10.2 Å². The summed E-state index contributed by atoms with van der Waals surface area (Å²) in [5, 5.41) is 0. The van der Waals surface area contributed by atoms with Crippen LogP contribution in [0.1, 0.15) is 25.8 Å². The van der Waals surface area contributed by atoms with Gasteiger partial charge in [0.15, 0.2) is 11.5 Å². The monoisotopic (exact) mass is 342 g/mol. The average molecular weight is 342 g/mol. The van der Waals surface area contributed by atoms with Gasteiger partial charge in [-0.05, 0) is 36.0 Å². The maximum absolute atomic E-state index is 12.5. The Labute approximate surface area is 139 Å². The van der Waals surface area contributed by atoms with E-state index in [1.54, 1.807) is 30.7 Å². The second kappa shape index (κ2) is 7.51. The van der Waals surface area contributed by atoms with Crippen LogP contribution in [0.5, 0.6) is 11.5 Å². The van der Waals surface area contributed by atoms with Crippen LogP contribution in [0.15, 0.2) is 18.2 Å². The van der Waals surface area contributed by atoms with E-state index in [2.05, 4.69) is 18.6 Å². The van der Waals surface area contributed by atoms with E-state index in [1.807, 2.05) is 6.07 Å². The van der Waals surface area contributed by atoms with Crippen molar-refractivity contribution in [2.45, 2.75) is 26.8 Å². The number of nitrogens with zero attached hydrogens (tertiary/aromatic N) is 1. The molecule has 1 heterocycles. The highest BCUT2D eigenvalue weighted by Gasteiger charge is 2.30. The summed E-state index contributed by atoms with van der Waals surface area (Å²) in [6, 6.07) is 5.38. The fourth-order valence-electron chi connectivity index (χ4n) is 3.06. The summed E-state index contributed by atoms with van der Waals surface area (Å²) in [4.78, 5) is 0. The van der Waals surface area contributed by atoms with Gasteiger partial charge in [-0.25, -0.2) is 0 Å². The third-order valence-corrected chi connectivity index (χ3v) is 5.57. The molecule has 130 valence electrons. The predicted octanol–water partition coefficient (Wildman–Crippen LogP) is 2.02. The molecule has 1 aliphatic rings. The van der Waals surface area contributed by atoms with Gasteiger partial charge in [0.25, 0.3) is 10.2 Å². The second-order valence-electron chi connectivity index (χ2n) is 6.28. The number of piperidine rings is 1. The van der Waals surface area contributed by atoms with Gasteiger partial charge in [-0.1, -0.05) is 19.9 Å². The second-order valence-corrected chi connectivity index (χ2v) is 8.03. The van der Waals surface area contributed by atoms with Crippen molar-refractivity contribution in [3.05, 3.63) is 23.8 Å². The zero-order valence-corrected chi connectivity index (χ0v) is 15.0. The Balaban J connectivity index is 2.04. The fraction of sp³-hybridized carbons (Fsp3) is 0.625. The zero-order chi connectivity index (χ0) is 17.0. The number of nitrogens with one attached hydrogen (secondary N) is 1. The zero-order valence-electron chi connectivity index (χ0n) is 14.2. The minimum absolute atomic E-state index is 0.224. The Morgan fingerprint density at radius 1 is 1.13 bits per heavy atom. The maximum atomic E-state index is 12.5. The summed E-state index contributed by atoms with van der Waals surface area (Å²) in [5.74, 6) is 1.98. The van der Waals surface area contributed by atoms with Crippen molar-refractivity contribution in [2.24, 2.45) is 11.8 Å². The first-order valence-corrected chi connectivity index (χ1v) is 9.25. The maximum Gasteiger partial charge on any atom is 0.279 e. The summed E-state index contributed by atoms with van der Waals surface area (Å²) < 4.78 is 39.6. The van der Waals surface area contributed by atoms with Crippen LogP contribution in [0.2, 0.25) is 0 Å². The lowest BCUT2D eigenvalue weighted by Crippen LogP contribution is -2.47. The number of benzene rings is 1. The molecule has 1 fully saturated rings. The van der Waals surface area contributed by atoms with Crippen LogP contribution in [-0.2, 0) is 16.8 Å². The number of ether oxygens (including phenoxy) is 2. The molecule has 7 heteroatoms. The smallest absolute Gasteiger partial charge is 0.279 e. The number of methoxy groups -OCH3 is 2. The Kier molecular flexibility index (Phi) is 5.89. The molecule has 0 saturated carbocycles. The highest BCUT2D eigenvalue weighted by molar-refractivity contribution is 7.87. The van der Waals surface area contributed by atoms with Crippen molar-refractivity contribution in [1.29, 1.82) is 0 Å². The van der Waals surface area contributed by atoms with Gasteiger partial charge in [-0.3, -0.25) is 0 Å². The highest BCUT2D eigenvalue weighted by Crippen LogP contribution is 2.28. The average Bonchev–Trinajstić information content (AvgIpc) is 2.51. The molecule has 2 rings (SSSR count). The van der Waals surface area contributed by atoms with Crippen LogP contribution in [-0.4, -0.2) is 40.0 Å². The topological polar surface area (TPSA) is 67.9 Å². The van der Waals surface area contributed by atoms with E-state index in [0.29, 0.717) is 36.4 Å². The molecule has 0 bridgehead atoms. The van der Waals surface area contributed by atoms with Gasteiger partial charge in [-0.2, -0.15) is 17.4 Å². The molecule has 0 amide bonds. The van der Waals surface area contributed by atoms with E-state index in [9.17, 15) is 8.42 Å². The van der Waals surface area contributed by atoms with E-state index in [4.69, 9.17) is 9.47 Å². The minimum atomic E-state index is -3.47. The Morgan fingerprint density at radius 3 is 2.30 bits per heavy atom. The largest absolute Gasteiger partial charge is 0.493 e. The third-order valence-electron chi connectivity index (χ3n) is 4.08. The molecule has 1 saturated heterocycles. The molecule has 1 aliphatic heterocycles. The van der Waals surface area contributed by atoms with Crippen LogP contribution in [0.25, 0.3) is 0 Å². The Hall–Kier alpha value is -1.31. The van der Waals surface area contributed by atoms with Crippen molar-refractivity contribution < 1.29 is 17.9 Å². The third kappa shape index (κ3) is 4.59. The number of hydrogen-bond donors (Lipinski definition) is 1. The predicted molar refractivity (Wildman–Crippen MR) is 89.8 cm³/mol. The number of rotatable bonds is 6. The quantitative estimate of drug-likeness (QED) is 0.859. The van der Waals surface area contributed by atoms with E-state index in [-0.39, 0.29) is 6.54 Å². The first-order valence-electron chi connectivity index (χ1n) is 7.81. The highest BCUT2D eigenvalue weighted by atomic mass is 32.2. The Bertz CT molecular complexity index is 623. The molecular weight excluding hydrogens is 316 g/mol. The minimum Gasteiger partial charge on any atom is -0.493 e. The summed E-state index contributed by atoms with van der Waals surface area (Å²) >= 11 is 0. The fourth-order valence-corrected chi connectivity index (χ4v) is 4.49. The lowest BCUT2D eigenvalue weighted by atomic mass is 9.94. The molecule has 1 N–H and O–H groups in total. The van der Waals surface area contributed by atoms with Gasteiger partial charge in [0.05, 0.1) is 14.2 Å². The molecule has 0 aliphatic carbocycles. The normalized spacial score (nSPS) is 22.8. The molecule has 2 atom stereocenters. The SMILES string of the molecule is COc1ccc(CNS(=O)(=O)N2CC(C)CC(C)C2)cc1OC. The van der Waals surface area contributed by atoms with Crippen molar-refractivity contribution in [1.82, 2.24) is 9.03 Å². The first kappa shape index (κ1) is 18.0.